The Labute approximate surface area is 140 Å². The van der Waals surface area contributed by atoms with Crippen LogP contribution in [0, 0.1) is 5.92 Å². The minimum Gasteiger partial charge on any atom is -0.469 e. The first-order chi connectivity index (χ1) is 11.5. The fraction of sp³-hybridized carbons (Fsp3) is 0.353. The van der Waals surface area contributed by atoms with Crippen molar-refractivity contribution in [3.05, 3.63) is 35.4 Å². The number of carbonyl (C=O) groups excluding carboxylic acids is 2. The number of methoxy groups -OCH3 is 1. The van der Waals surface area contributed by atoms with Gasteiger partial charge < -0.3 is 21.5 Å². The van der Waals surface area contributed by atoms with E-state index >= 15 is 0 Å². The van der Waals surface area contributed by atoms with Crippen molar-refractivity contribution in [1.82, 2.24) is 0 Å². The topological polar surface area (TPSA) is 120 Å². The van der Waals surface area contributed by atoms with Gasteiger partial charge in [-0.1, -0.05) is 24.3 Å². The second kappa shape index (κ2) is 8.14. The number of nitrogens with one attached hydrogen (secondary N) is 1. The molecule has 1 unspecified atom stereocenters. The summed E-state index contributed by atoms with van der Waals surface area (Å²) in [5, 5.41) is 2.86. The minimum atomic E-state index is -0.383. The number of guanidine groups is 1. The first-order valence-corrected chi connectivity index (χ1v) is 7.72. The summed E-state index contributed by atoms with van der Waals surface area (Å²) in [6, 6.07) is 5.86. The molecule has 7 nitrogen and oxygen atoms in total. The smallest absolute Gasteiger partial charge is 0.306 e. The quantitative estimate of drug-likeness (QED) is 0.311. The van der Waals surface area contributed by atoms with Crippen LogP contribution in [0.25, 0.3) is 6.08 Å². The van der Waals surface area contributed by atoms with E-state index in [-0.39, 0.29) is 30.2 Å². The number of aliphatic imine (C=N–C) groups is 1. The lowest BCUT2D eigenvalue weighted by molar-refractivity contribution is -0.143. The van der Waals surface area contributed by atoms with Crippen molar-refractivity contribution in [3.63, 3.8) is 0 Å². The lowest BCUT2D eigenvalue weighted by Gasteiger charge is -2.24. The molecule has 24 heavy (non-hydrogen) atoms. The summed E-state index contributed by atoms with van der Waals surface area (Å²) in [7, 11) is 1.32. The molecule has 0 aliphatic carbocycles. The molecule has 1 atom stereocenters. The molecular formula is C17H22N4O3. The van der Waals surface area contributed by atoms with E-state index in [1.54, 1.807) is 0 Å². The summed E-state index contributed by atoms with van der Waals surface area (Å²) in [5.74, 6) is -0.826. The summed E-state index contributed by atoms with van der Waals surface area (Å²) in [6.07, 6.45) is 5.27. The zero-order chi connectivity index (χ0) is 17.5. The van der Waals surface area contributed by atoms with Gasteiger partial charge in [0.05, 0.1) is 19.4 Å². The molecular weight excluding hydrogens is 308 g/mol. The van der Waals surface area contributed by atoms with Crippen molar-refractivity contribution in [2.75, 3.05) is 19.0 Å². The van der Waals surface area contributed by atoms with Crippen molar-refractivity contribution < 1.29 is 14.3 Å². The van der Waals surface area contributed by atoms with Crippen LogP contribution in [-0.2, 0) is 20.7 Å². The highest BCUT2D eigenvalue weighted by Gasteiger charge is 2.28. The van der Waals surface area contributed by atoms with Crippen LogP contribution in [0.15, 0.2) is 29.3 Å². The van der Waals surface area contributed by atoms with Crippen LogP contribution in [0.4, 0.5) is 5.69 Å². The lowest BCUT2D eigenvalue weighted by Crippen LogP contribution is -2.31. The Morgan fingerprint density at radius 3 is 2.96 bits per heavy atom. The van der Waals surface area contributed by atoms with Gasteiger partial charge in [0.15, 0.2) is 5.96 Å². The number of amides is 1. The van der Waals surface area contributed by atoms with Crippen LogP contribution in [0.2, 0.25) is 0 Å². The van der Waals surface area contributed by atoms with Crippen molar-refractivity contribution in [3.8, 4) is 0 Å². The Bertz CT molecular complexity index is 678. The SMILES string of the molecule is COC(=O)CC1Cc2ccc(/C=C/CCN=C(N)N)cc2NC1=O. The number of nitrogens with two attached hydrogens (primary N) is 2. The molecule has 1 heterocycles. The fourth-order valence-corrected chi connectivity index (χ4v) is 2.52. The molecule has 2 rings (SSSR count). The summed E-state index contributed by atoms with van der Waals surface area (Å²) in [5.41, 5.74) is 13.3. The molecule has 1 aliphatic rings. The molecule has 0 fully saturated rings. The number of rotatable bonds is 6. The predicted octanol–water partition coefficient (Wildman–Crippen LogP) is 1.04. The Kier molecular flexibility index (Phi) is 5.95. The zero-order valence-corrected chi connectivity index (χ0v) is 13.6. The summed E-state index contributed by atoms with van der Waals surface area (Å²) in [4.78, 5) is 27.4. The first kappa shape index (κ1) is 17.5. The van der Waals surface area contributed by atoms with Crippen LogP contribution >= 0.6 is 0 Å². The van der Waals surface area contributed by atoms with Gasteiger partial charge in [0.25, 0.3) is 0 Å². The number of anilines is 1. The Morgan fingerprint density at radius 1 is 1.46 bits per heavy atom. The van der Waals surface area contributed by atoms with Crippen LogP contribution in [0.1, 0.15) is 24.0 Å². The van der Waals surface area contributed by atoms with Gasteiger partial charge in [-0.3, -0.25) is 14.6 Å². The number of hydrogen-bond donors (Lipinski definition) is 3. The van der Waals surface area contributed by atoms with E-state index in [1.165, 1.54) is 7.11 Å². The largest absolute Gasteiger partial charge is 0.469 e. The van der Waals surface area contributed by atoms with E-state index in [1.807, 2.05) is 30.4 Å². The molecule has 0 spiro atoms. The summed E-state index contributed by atoms with van der Waals surface area (Å²) < 4.78 is 4.63. The zero-order valence-electron chi connectivity index (χ0n) is 13.6. The Hall–Kier alpha value is -2.83. The van der Waals surface area contributed by atoms with Crippen LogP contribution in [0.5, 0.6) is 0 Å². The second-order valence-electron chi connectivity index (χ2n) is 5.58. The van der Waals surface area contributed by atoms with Gasteiger partial charge >= 0.3 is 5.97 Å². The highest BCUT2D eigenvalue weighted by Crippen LogP contribution is 2.28. The van der Waals surface area contributed by atoms with Gasteiger partial charge in [0.1, 0.15) is 0 Å². The van der Waals surface area contributed by atoms with Crippen LogP contribution in [-0.4, -0.2) is 31.5 Å². The molecule has 1 aromatic rings. The summed E-state index contributed by atoms with van der Waals surface area (Å²) >= 11 is 0. The van der Waals surface area contributed by atoms with E-state index in [0.717, 1.165) is 23.2 Å². The van der Waals surface area contributed by atoms with Gasteiger partial charge in [-0.05, 0) is 30.0 Å². The molecule has 0 bridgehead atoms. The van der Waals surface area contributed by atoms with Gasteiger partial charge in [0, 0.05) is 12.2 Å². The van der Waals surface area contributed by atoms with Crippen molar-refractivity contribution in [2.45, 2.75) is 19.3 Å². The second-order valence-corrected chi connectivity index (χ2v) is 5.58. The number of ether oxygens (including phenoxy) is 1. The third kappa shape index (κ3) is 4.84. The molecule has 128 valence electrons. The third-order valence-electron chi connectivity index (χ3n) is 3.77. The first-order valence-electron chi connectivity index (χ1n) is 7.72. The van der Waals surface area contributed by atoms with Crippen molar-refractivity contribution in [2.24, 2.45) is 22.4 Å². The number of carbonyl (C=O) groups is 2. The molecule has 0 saturated heterocycles. The van der Waals surface area contributed by atoms with Crippen molar-refractivity contribution >= 4 is 29.6 Å². The highest BCUT2D eigenvalue weighted by atomic mass is 16.5. The average molecular weight is 330 g/mol. The van der Waals surface area contributed by atoms with E-state index < -0.39 is 0 Å². The van der Waals surface area contributed by atoms with Crippen molar-refractivity contribution in [1.29, 1.82) is 0 Å². The molecule has 0 radical (unpaired) electrons. The minimum absolute atomic E-state index is 0.0846. The Balaban J connectivity index is 2.01. The van der Waals surface area contributed by atoms with Crippen LogP contribution in [0.3, 0.4) is 0 Å². The van der Waals surface area contributed by atoms with E-state index in [9.17, 15) is 9.59 Å². The maximum atomic E-state index is 12.1. The number of benzene rings is 1. The number of nitrogens with zero attached hydrogens (tertiary/aromatic N) is 1. The molecule has 0 aromatic heterocycles. The Morgan fingerprint density at radius 2 is 2.25 bits per heavy atom. The summed E-state index contributed by atoms with van der Waals surface area (Å²) in [6.45, 7) is 0.537. The fourth-order valence-electron chi connectivity index (χ4n) is 2.52. The highest BCUT2D eigenvalue weighted by molar-refractivity contribution is 5.97. The number of fused-ring (bicyclic) bond motifs is 1. The molecule has 1 amide bonds. The number of esters is 1. The van der Waals surface area contributed by atoms with Gasteiger partial charge in [0.2, 0.25) is 5.91 Å². The van der Waals surface area contributed by atoms with Gasteiger partial charge in [-0.15, -0.1) is 0 Å². The maximum absolute atomic E-state index is 12.1. The molecule has 1 aromatic carbocycles. The lowest BCUT2D eigenvalue weighted by atomic mass is 9.90. The molecule has 0 saturated carbocycles. The average Bonchev–Trinajstić information content (AvgIpc) is 2.54. The maximum Gasteiger partial charge on any atom is 0.306 e. The van der Waals surface area contributed by atoms with Gasteiger partial charge in [-0.25, -0.2) is 0 Å². The number of hydrogen-bond acceptors (Lipinski definition) is 4. The normalized spacial score (nSPS) is 16.4. The molecule has 1 aliphatic heterocycles. The van der Waals surface area contributed by atoms with E-state index in [4.69, 9.17) is 11.5 Å². The third-order valence-corrected chi connectivity index (χ3v) is 3.77. The van der Waals surface area contributed by atoms with E-state index in [2.05, 4.69) is 15.0 Å². The van der Waals surface area contributed by atoms with E-state index in [0.29, 0.717) is 13.0 Å². The standard InChI is InChI=1S/C17H22N4O3/c1-24-15(22)10-13-9-12-6-5-11(8-14(12)21-16(13)23)4-2-3-7-20-17(18)19/h2,4-6,8,13H,3,7,9-10H2,1H3,(H,21,23)(H4,18,19,20)/b4-2+. The van der Waals surface area contributed by atoms with Crippen LogP contribution < -0.4 is 16.8 Å². The monoisotopic (exact) mass is 330 g/mol. The van der Waals surface area contributed by atoms with Gasteiger partial charge in [-0.2, -0.15) is 0 Å². The predicted molar refractivity (Wildman–Crippen MR) is 93.2 cm³/mol. The molecule has 7 heteroatoms. The molecule has 5 N–H and O–H groups in total.